The van der Waals surface area contributed by atoms with E-state index in [4.69, 9.17) is 0 Å². The van der Waals surface area contributed by atoms with Crippen molar-refractivity contribution in [3.05, 3.63) is 0 Å². The van der Waals surface area contributed by atoms with Gasteiger partial charge in [0.15, 0.2) is 0 Å². The van der Waals surface area contributed by atoms with Gasteiger partial charge in [0.2, 0.25) is 0 Å². The molecule has 0 aliphatic heterocycles. The summed E-state index contributed by atoms with van der Waals surface area (Å²) in [6.07, 6.45) is 13.8. The van der Waals surface area contributed by atoms with Crippen LogP contribution in [0.1, 0.15) is 92.4 Å². The summed E-state index contributed by atoms with van der Waals surface area (Å²) in [7, 11) is 0. The lowest BCUT2D eigenvalue weighted by atomic mass is 9.42. The average molecular weight is 317 g/mol. The van der Waals surface area contributed by atoms with Crippen molar-refractivity contribution in [2.24, 2.45) is 52.3 Å². The monoisotopic (exact) mass is 316 g/mol. The molecule has 4 saturated carbocycles. The zero-order chi connectivity index (χ0) is 16.4. The van der Waals surface area contributed by atoms with Crippen molar-refractivity contribution < 1.29 is 0 Å². The summed E-state index contributed by atoms with van der Waals surface area (Å²) < 4.78 is 0. The van der Waals surface area contributed by atoms with E-state index in [-0.39, 0.29) is 0 Å². The molecule has 0 saturated heterocycles. The molecule has 0 aromatic rings. The molecular formula is C23H40. The molecule has 0 aromatic heterocycles. The Kier molecular flexibility index (Phi) is 3.94. The van der Waals surface area contributed by atoms with Crippen molar-refractivity contribution in [2.75, 3.05) is 0 Å². The molecule has 0 amide bonds. The molecule has 0 radical (unpaired) electrons. The van der Waals surface area contributed by atoms with Crippen molar-refractivity contribution in [3.8, 4) is 0 Å². The summed E-state index contributed by atoms with van der Waals surface area (Å²) in [5.41, 5.74) is 1.36. The van der Waals surface area contributed by atoms with Crippen molar-refractivity contribution in [1.29, 1.82) is 0 Å². The number of rotatable bonds is 1. The predicted molar refractivity (Wildman–Crippen MR) is 99.2 cm³/mol. The van der Waals surface area contributed by atoms with Gasteiger partial charge >= 0.3 is 0 Å². The Labute approximate surface area is 145 Å². The van der Waals surface area contributed by atoms with Crippen LogP contribution in [0.4, 0.5) is 0 Å². The maximum absolute atomic E-state index is 2.74. The van der Waals surface area contributed by atoms with Gasteiger partial charge in [0.05, 0.1) is 0 Å². The molecule has 0 nitrogen and oxygen atoms in total. The van der Waals surface area contributed by atoms with Gasteiger partial charge in [-0.1, -0.05) is 47.5 Å². The van der Waals surface area contributed by atoms with E-state index in [1.165, 1.54) is 25.7 Å². The standard InChI is InChI=1S/C23H40/c1-6-17-10-12-20-19-11-9-18-8-7-15(2)16(3)23(18,5)21(19)13-14-22(17,20)4/h15-21H,6-14H2,1-5H3/t15?,16?,17-,18?,19-,20-,21-,22+,23-/m0/s1. The van der Waals surface area contributed by atoms with E-state index in [2.05, 4.69) is 34.6 Å². The Morgan fingerprint density at radius 2 is 1.57 bits per heavy atom. The fourth-order valence-electron chi connectivity index (χ4n) is 8.74. The molecule has 132 valence electrons. The first-order chi connectivity index (χ1) is 10.9. The summed E-state index contributed by atoms with van der Waals surface area (Å²) >= 11 is 0. The Hall–Kier alpha value is 0. The van der Waals surface area contributed by atoms with Gasteiger partial charge in [-0.25, -0.2) is 0 Å². The van der Waals surface area contributed by atoms with E-state index < -0.39 is 0 Å². The fraction of sp³-hybridized carbons (Fsp3) is 1.00. The van der Waals surface area contributed by atoms with Crippen molar-refractivity contribution >= 4 is 0 Å². The lowest BCUT2D eigenvalue weighted by Crippen LogP contribution is -2.56. The van der Waals surface area contributed by atoms with Gasteiger partial charge in [0, 0.05) is 0 Å². The van der Waals surface area contributed by atoms with Crippen LogP contribution >= 0.6 is 0 Å². The normalized spacial score (nSPS) is 59.1. The topological polar surface area (TPSA) is 0 Å². The first-order valence-electron chi connectivity index (χ1n) is 10.9. The largest absolute Gasteiger partial charge is 0.0651 e. The second kappa shape index (κ2) is 5.50. The second-order valence-electron chi connectivity index (χ2n) is 10.6. The third-order valence-corrected chi connectivity index (χ3v) is 10.5. The van der Waals surface area contributed by atoms with Gasteiger partial charge < -0.3 is 0 Å². The SMILES string of the molecule is CC[C@H]1CC[C@H]2[C@@H]3CCC4CCC(C)C(C)[C@]4(C)[C@H]3CC[C@]12C. The van der Waals surface area contributed by atoms with Crippen LogP contribution in [0.15, 0.2) is 0 Å². The predicted octanol–water partition coefficient (Wildman–Crippen LogP) is 6.94. The molecule has 0 N–H and O–H groups in total. The van der Waals surface area contributed by atoms with E-state index in [1.807, 2.05) is 0 Å². The first kappa shape index (κ1) is 16.5. The van der Waals surface area contributed by atoms with Gasteiger partial charge in [-0.2, -0.15) is 0 Å². The van der Waals surface area contributed by atoms with Gasteiger partial charge in [-0.15, -0.1) is 0 Å². The minimum atomic E-state index is 0.659. The third kappa shape index (κ3) is 2.08. The highest BCUT2D eigenvalue weighted by Crippen LogP contribution is 2.69. The Balaban J connectivity index is 1.66. The van der Waals surface area contributed by atoms with Crippen LogP contribution in [0.5, 0.6) is 0 Å². The maximum atomic E-state index is 2.74. The maximum Gasteiger partial charge on any atom is -0.0238 e. The van der Waals surface area contributed by atoms with Crippen LogP contribution < -0.4 is 0 Å². The molecule has 23 heavy (non-hydrogen) atoms. The van der Waals surface area contributed by atoms with Crippen LogP contribution in [0.3, 0.4) is 0 Å². The first-order valence-corrected chi connectivity index (χ1v) is 10.9. The molecule has 0 heteroatoms. The third-order valence-electron chi connectivity index (χ3n) is 10.5. The van der Waals surface area contributed by atoms with Crippen LogP contribution in [0.25, 0.3) is 0 Å². The molecular weight excluding hydrogens is 276 g/mol. The number of hydrogen-bond donors (Lipinski definition) is 0. The molecule has 0 aromatic carbocycles. The van der Waals surface area contributed by atoms with Gasteiger partial charge in [-0.05, 0) is 97.2 Å². The molecule has 0 spiro atoms. The summed E-state index contributed by atoms with van der Waals surface area (Å²) in [6.45, 7) is 13.1. The van der Waals surface area contributed by atoms with E-state index in [9.17, 15) is 0 Å². The molecule has 0 bridgehead atoms. The fourth-order valence-corrected chi connectivity index (χ4v) is 8.74. The molecule has 4 fully saturated rings. The van der Waals surface area contributed by atoms with E-state index in [0.717, 1.165) is 41.4 Å². The highest BCUT2D eigenvalue weighted by Gasteiger charge is 2.61. The van der Waals surface area contributed by atoms with Gasteiger partial charge in [0.25, 0.3) is 0 Å². The molecule has 3 unspecified atom stereocenters. The Bertz CT molecular complexity index is 449. The van der Waals surface area contributed by atoms with Crippen LogP contribution in [-0.2, 0) is 0 Å². The summed E-state index contributed by atoms with van der Waals surface area (Å²) in [5.74, 6) is 7.15. The molecule has 4 aliphatic rings. The lowest BCUT2D eigenvalue weighted by molar-refractivity contribution is -0.145. The quantitative estimate of drug-likeness (QED) is 0.491. The van der Waals surface area contributed by atoms with Crippen molar-refractivity contribution in [2.45, 2.75) is 92.4 Å². The Morgan fingerprint density at radius 3 is 2.30 bits per heavy atom. The van der Waals surface area contributed by atoms with E-state index in [1.54, 1.807) is 32.1 Å². The smallest absolute Gasteiger partial charge is 0.0238 e. The average Bonchev–Trinajstić information content (AvgIpc) is 2.88. The molecule has 4 rings (SSSR count). The van der Waals surface area contributed by atoms with Crippen LogP contribution in [0.2, 0.25) is 0 Å². The minimum absolute atomic E-state index is 0.659. The van der Waals surface area contributed by atoms with E-state index in [0.29, 0.717) is 10.8 Å². The zero-order valence-corrected chi connectivity index (χ0v) is 16.4. The highest BCUT2D eigenvalue weighted by atomic mass is 14.7. The number of fused-ring (bicyclic) bond motifs is 5. The zero-order valence-electron chi connectivity index (χ0n) is 16.4. The summed E-state index contributed by atoms with van der Waals surface area (Å²) in [5, 5.41) is 0. The van der Waals surface area contributed by atoms with Crippen molar-refractivity contribution in [1.82, 2.24) is 0 Å². The Morgan fingerprint density at radius 1 is 0.826 bits per heavy atom. The summed E-state index contributed by atoms with van der Waals surface area (Å²) in [4.78, 5) is 0. The lowest BCUT2D eigenvalue weighted by Gasteiger charge is -2.63. The minimum Gasteiger partial charge on any atom is -0.0651 e. The molecule has 9 atom stereocenters. The molecule has 0 heterocycles. The van der Waals surface area contributed by atoms with Crippen LogP contribution in [-0.4, -0.2) is 0 Å². The second-order valence-corrected chi connectivity index (χ2v) is 10.6. The number of hydrogen-bond acceptors (Lipinski definition) is 0. The van der Waals surface area contributed by atoms with Crippen molar-refractivity contribution in [3.63, 3.8) is 0 Å². The van der Waals surface area contributed by atoms with Crippen LogP contribution in [0, 0.1) is 52.3 Å². The van der Waals surface area contributed by atoms with E-state index >= 15 is 0 Å². The highest BCUT2D eigenvalue weighted by molar-refractivity contribution is 5.10. The summed E-state index contributed by atoms with van der Waals surface area (Å²) in [6, 6.07) is 0. The molecule has 4 aliphatic carbocycles. The van der Waals surface area contributed by atoms with Gasteiger partial charge in [0.1, 0.15) is 0 Å². The van der Waals surface area contributed by atoms with Gasteiger partial charge in [-0.3, -0.25) is 0 Å².